The molecule has 0 aliphatic carbocycles. The molecule has 0 spiro atoms. The molecule has 5 heteroatoms. The third-order valence-electron chi connectivity index (χ3n) is 3.32. The molecule has 17 heavy (non-hydrogen) atoms. The number of carboxylic acid groups (broad SMARTS) is 1. The van der Waals surface area contributed by atoms with Crippen molar-refractivity contribution in [1.29, 1.82) is 0 Å². The molecule has 0 aromatic carbocycles. The summed E-state index contributed by atoms with van der Waals surface area (Å²) in [5.41, 5.74) is -0.347. The van der Waals surface area contributed by atoms with Gasteiger partial charge in [-0.1, -0.05) is 19.8 Å². The van der Waals surface area contributed by atoms with Crippen molar-refractivity contribution >= 4 is 5.97 Å². The standard InChI is InChI=1S/C12H23NO4/c1-3-4-5-10(11(14)15)13-8-12(16-2)6-7-17-9-12/h10,13H,3-9H2,1-2H3,(H,14,15). The highest BCUT2D eigenvalue weighted by molar-refractivity contribution is 5.73. The van der Waals surface area contributed by atoms with Gasteiger partial charge < -0.3 is 19.9 Å². The third kappa shape index (κ3) is 4.26. The van der Waals surface area contributed by atoms with Crippen LogP contribution in [-0.4, -0.2) is 49.6 Å². The Hall–Kier alpha value is -0.650. The van der Waals surface area contributed by atoms with Crippen molar-refractivity contribution in [2.45, 2.75) is 44.2 Å². The summed E-state index contributed by atoms with van der Waals surface area (Å²) in [6.45, 7) is 3.81. The number of hydrogen-bond donors (Lipinski definition) is 2. The molecule has 0 saturated carbocycles. The quantitative estimate of drug-likeness (QED) is 0.668. The number of aliphatic carboxylic acids is 1. The number of ether oxygens (including phenoxy) is 2. The second kappa shape index (κ2) is 6.93. The minimum atomic E-state index is -0.788. The predicted molar refractivity (Wildman–Crippen MR) is 64.1 cm³/mol. The number of carbonyl (C=O) groups is 1. The zero-order valence-corrected chi connectivity index (χ0v) is 10.7. The van der Waals surface area contributed by atoms with Crippen molar-refractivity contribution in [3.8, 4) is 0 Å². The Morgan fingerprint density at radius 1 is 1.65 bits per heavy atom. The van der Waals surface area contributed by atoms with Gasteiger partial charge in [0.1, 0.15) is 11.6 Å². The van der Waals surface area contributed by atoms with Crippen LogP contribution in [0.2, 0.25) is 0 Å². The molecule has 0 bridgehead atoms. The average molecular weight is 245 g/mol. The maximum atomic E-state index is 11.1. The summed E-state index contributed by atoms with van der Waals surface area (Å²) in [6, 6.07) is -0.484. The van der Waals surface area contributed by atoms with Crippen molar-refractivity contribution in [2.75, 3.05) is 26.9 Å². The third-order valence-corrected chi connectivity index (χ3v) is 3.32. The van der Waals surface area contributed by atoms with Gasteiger partial charge in [0.05, 0.1) is 6.61 Å². The Morgan fingerprint density at radius 2 is 2.41 bits per heavy atom. The molecule has 0 amide bonds. The number of hydrogen-bond acceptors (Lipinski definition) is 4. The van der Waals surface area contributed by atoms with Crippen LogP contribution in [0.5, 0.6) is 0 Å². The van der Waals surface area contributed by atoms with Gasteiger partial charge in [0.25, 0.3) is 0 Å². The highest BCUT2D eigenvalue weighted by Crippen LogP contribution is 2.21. The summed E-state index contributed by atoms with van der Waals surface area (Å²) in [5.74, 6) is -0.788. The van der Waals surface area contributed by atoms with Gasteiger partial charge in [-0.05, 0) is 6.42 Å². The second-order valence-electron chi connectivity index (χ2n) is 4.60. The predicted octanol–water partition coefficient (Wildman–Crippen LogP) is 1.02. The summed E-state index contributed by atoms with van der Waals surface area (Å²) in [7, 11) is 1.65. The smallest absolute Gasteiger partial charge is 0.320 e. The largest absolute Gasteiger partial charge is 0.480 e. The number of rotatable bonds is 8. The topological polar surface area (TPSA) is 67.8 Å². The molecular formula is C12H23NO4. The summed E-state index contributed by atoms with van der Waals surface area (Å²) < 4.78 is 10.8. The normalized spacial score (nSPS) is 26.0. The zero-order chi connectivity index (χ0) is 12.7. The van der Waals surface area contributed by atoms with Gasteiger partial charge in [-0.3, -0.25) is 4.79 Å². The molecule has 0 aromatic heterocycles. The van der Waals surface area contributed by atoms with Gasteiger partial charge in [-0.2, -0.15) is 0 Å². The van der Waals surface area contributed by atoms with Crippen LogP contribution in [0, 0.1) is 0 Å². The number of nitrogens with one attached hydrogen (secondary N) is 1. The van der Waals surface area contributed by atoms with E-state index in [1.54, 1.807) is 7.11 Å². The fourth-order valence-electron chi connectivity index (χ4n) is 1.99. The lowest BCUT2D eigenvalue weighted by molar-refractivity contribution is -0.140. The van der Waals surface area contributed by atoms with E-state index in [-0.39, 0.29) is 5.60 Å². The lowest BCUT2D eigenvalue weighted by Gasteiger charge is -2.27. The molecule has 1 fully saturated rings. The number of methoxy groups -OCH3 is 1. The lowest BCUT2D eigenvalue weighted by atomic mass is 10.0. The van der Waals surface area contributed by atoms with Crippen molar-refractivity contribution in [2.24, 2.45) is 0 Å². The molecule has 1 aliphatic rings. The Morgan fingerprint density at radius 3 is 2.88 bits per heavy atom. The number of carboxylic acids is 1. The Balaban J connectivity index is 2.41. The molecule has 5 nitrogen and oxygen atoms in total. The molecule has 2 atom stereocenters. The molecule has 1 heterocycles. The first kappa shape index (κ1) is 14.4. The van der Waals surface area contributed by atoms with Gasteiger partial charge >= 0.3 is 5.97 Å². The Kier molecular flexibility index (Phi) is 5.88. The van der Waals surface area contributed by atoms with E-state index in [0.717, 1.165) is 19.3 Å². The van der Waals surface area contributed by atoms with Crippen LogP contribution in [0.4, 0.5) is 0 Å². The maximum Gasteiger partial charge on any atom is 0.320 e. The molecule has 2 unspecified atom stereocenters. The monoisotopic (exact) mass is 245 g/mol. The Labute approximate surface area is 102 Å². The van der Waals surface area contributed by atoms with Crippen molar-refractivity contribution in [1.82, 2.24) is 5.32 Å². The van der Waals surface area contributed by atoms with Crippen LogP contribution in [0.1, 0.15) is 32.6 Å². The van der Waals surface area contributed by atoms with Crippen LogP contribution in [0.3, 0.4) is 0 Å². The van der Waals surface area contributed by atoms with E-state index in [9.17, 15) is 4.79 Å². The summed E-state index contributed by atoms with van der Waals surface area (Å²) in [4.78, 5) is 11.1. The summed E-state index contributed by atoms with van der Waals surface area (Å²) >= 11 is 0. The molecule has 0 radical (unpaired) electrons. The van der Waals surface area contributed by atoms with E-state index in [2.05, 4.69) is 12.2 Å². The first-order valence-corrected chi connectivity index (χ1v) is 6.22. The van der Waals surface area contributed by atoms with Gasteiger partial charge in [0.2, 0.25) is 0 Å². The minimum absolute atomic E-state index is 0.347. The van der Waals surface area contributed by atoms with Gasteiger partial charge in [-0.25, -0.2) is 0 Å². The van der Waals surface area contributed by atoms with E-state index in [1.807, 2.05) is 0 Å². The lowest BCUT2D eigenvalue weighted by Crippen LogP contribution is -2.48. The maximum absolute atomic E-state index is 11.1. The molecule has 0 aromatic rings. The second-order valence-corrected chi connectivity index (χ2v) is 4.60. The van der Waals surface area contributed by atoms with Crippen LogP contribution in [0.25, 0.3) is 0 Å². The summed E-state index contributed by atoms with van der Waals surface area (Å²) in [6.07, 6.45) is 3.40. The highest BCUT2D eigenvalue weighted by atomic mass is 16.5. The average Bonchev–Trinajstić information content (AvgIpc) is 2.78. The van der Waals surface area contributed by atoms with E-state index in [4.69, 9.17) is 14.6 Å². The molecule has 1 rings (SSSR count). The van der Waals surface area contributed by atoms with Gasteiger partial charge in [0, 0.05) is 26.7 Å². The van der Waals surface area contributed by atoms with Crippen molar-refractivity contribution in [3.05, 3.63) is 0 Å². The van der Waals surface area contributed by atoms with Gasteiger partial charge in [0.15, 0.2) is 0 Å². The van der Waals surface area contributed by atoms with E-state index >= 15 is 0 Å². The molecule has 1 saturated heterocycles. The molecule has 1 aliphatic heterocycles. The molecular weight excluding hydrogens is 222 g/mol. The molecule has 2 N–H and O–H groups in total. The first-order valence-electron chi connectivity index (χ1n) is 6.22. The highest BCUT2D eigenvalue weighted by Gasteiger charge is 2.35. The van der Waals surface area contributed by atoms with Crippen LogP contribution in [0.15, 0.2) is 0 Å². The molecule has 100 valence electrons. The zero-order valence-electron chi connectivity index (χ0n) is 10.7. The SMILES string of the molecule is CCCCC(NCC1(OC)CCOC1)C(=O)O. The fraction of sp³-hybridized carbons (Fsp3) is 0.917. The van der Waals surface area contributed by atoms with Crippen LogP contribution < -0.4 is 5.32 Å². The number of unbranched alkanes of at least 4 members (excludes halogenated alkanes) is 1. The van der Waals surface area contributed by atoms with E-state index in [1.165, 1.54) is 0 Å². The van der Waals surface area contributed by atoms with Gasteiger partial charge in [-0.15, -0.1) is 0 Å². The van der Waals surface area contributed by atoms with Crippen LogP contribution in [-0.2, 0) is 14.3 Å². The Bertz CT molecular complexity index is 239. The van der Waals surface area contributed by atoms with Crippen LogP contribution >= 0.6 is 0 Å². The fourth-order valence-corrected chi connectivity index (χ4v) is 1.99. The van der Waals surface area contributed by atoms with Crippen molar-refractivity contribution in [3.63, 3.8) is 0 Å². The van der Waals surface area contributed by atoms with E-state index < -0.39 is 12.0 Å². The first-order chi connectivity index (χ1) is 8.13. The van der Waals surface area contributed by atoms with E-state index in [0.29, 0.717) is 26.2 Å². The van der Waals surface area contributed by atoms with Crippen molar-refractivity contribution < 1.29 is 19.4 Å². The summed E-state index contributed by atoms with van der Waals surface area (Å²) in [5, 5.41) is 12.2. The minimum Gasteiger partial charge on any atom is -0.480 e.